The van der Waals surface area contributed by atoms with Crippen LogP contribution in [0, 0.1) is 6.92 Å². The van der Waals surface area contributed by atoms with Crippen LogP contribution in [0.25, 0.3) is 0 Å². The lowest BCUT2D eigenvalue weighted by atomic mass is 10.1. The van der Waals surface area contributed by atoms with Crippen molar-refractivity contribution < 1.29 is 9.90 Å². The highest BCUT2D eigenvalue weighted by molar-refractivity contribution is 7.09. The van der Waals surface area contributed by atoms with E-state index in [4.69, 9.17) is 0 Å². The molecule has 0 amide bonds. The van der Waals surface area contributed by atoms with E-state index in [1.807, 2.05) is 20.0 Å². The molecule has 0 aliphatic heterocycles. The maximum absolute atomic E-state index is 11.2. The number of nitrogens with zero attached hydrogens (tertiary/aromatic N) is 2. The van der Waals surface area contributed by atoms with Crippen molar-refractivity contribution in [2.45, 2.75) is 32.2 Å². The number of thiazole rings is 1. The summed E-state index contributed by atoms with van der Waals surface area (Å²) >= 11 is 1.69. The van der Waals surface area contributed by atoms with E-state index in [-0.39, 0.29) is 0 Å². The van der Waals surface area contributed by atoms with Crippen LogP contribution in [0.2, 0.25) is 0 Å². The largest absolute Gasteiger partial charge is 0.478 e. The van der Waals surface area contributed by atoms with Gasteiger partial charge in [0.15, 0.2) is 0 Å². The van der Waals surface area contributed by atoms with Gasteiger partial charge in [-0.1, -0.05) is 6.07 Å². The molecule has 0 radical (unpaired) electrons. The minimum Gasteiger partial charge on any atom is -0.478 e. The molecule has 21 heavy (non-hydrogen) atoms. The van der Waals surface area contributed by atoms with E-state index in [1.165, 1.54) is 18.5 Å². The zero-order valence-electron chi connectivity index (χ0n) is 12.2. The molecule has 4 nitrogen and oxygen atoms in total. The normalized spacial score (nSPS) is 14.2. The molecule has 1 saturated carbocycles. The van der Waals surface area contributed by atoms with E-state index >= 15 is 0 Å². The third-order valence-electron chi connectivity index (χ3n) is 3.88. The van der Waals surface area contributed by atoms with Crippen molar-refractivity contribution in [2.75, 3.05) is 11.9 Å². The molecular formula is C16H18N2O2S. The molecule has 0 spiro atoms. The van der Waals surface area contributed by atoms with Gasteiger partial charge in [0.2, 0.25) is 0 Å². The van der Waals surface area contributed by atoms with Crippen molar-refractivity contribution in [3.63, 3.8) is 0 Å². The monoisotopic (exact) mass is 302 g/mol. The number of hydrogen-bond acceptors (Lipinski definition) is 4. The van der Waals surface area contributed by atoms with Crippen molar-refractivity contribution in [1.29, 1.82) is 0 Å². The summed E-state index contributed by atoms with van der Waals surface area (Å²) in [6.45, 7) is 2.56. The van der Waals surface area contributed by atoms with Crippen LogP contribution in [0.4, 0.5) is 5.69 Å². The fraction of sp³-hybridized carbons (Fsp3) is 0.375. The van der Waals surface area contributed by atoms with Gasteiger partial charge in [-0.25, -0.2) is 9.78 Å². The average Bonchev–Trinajstić information content (AvgIpc) is 3.19. The third-order valence-corrected chi connectivity index (χ3v) is 4.74. The van der Waals surface area contributed by atoms with Gasteiger partial charge in [-0.3, -0.25) is 0 Å². The SMILES string of the molecule is Cc1c(C(=O)O)cccc1N(C)Cc1nc(C2CC2)cs1. The van der Waals surface area contributed by atoms with Gasteiger partial charge in [0.05, 0.1) is 17.8 Å². The number of carboxylic acids is 1. The number of rotatable bonds is 5. The van der Waals surface area contributed by atoms with Gasteiger partial charge in [-0.15, -0.1) is 11.3 Å². The fourth-order valence-corrected chi connectivity index (χ4v) is 3.45. The first-order chi connectivity index (χ1) is 10.1. The Morgan fingerprint density at radius 2 is 2.24 bits per heavy atom. The van der Waals surface area contributed by atoms with Crippen LogP contribution in [0.3, 0.4) is 0 Å². The smallest absolute Gasteiger partial charge is 0.336 e. The van der Waals surface area contributed by atoms with Crippen LogP contribution in [0.1, 0.15) is 45.4 Å². The topological polar surface area (TPSA) is 53.4 Å². The van der Waals surface area contributed by atoms with Crippen molar-refractivity contribution in [3.8, 4) is 0 Å². The lowest BCUT2D eigenvalue weighted by molar-refractivity contribution is 0.0696. The summed E-state index contributed by atoms with van der Waals surface area (Å²) < 4.78 is 0. The first kappa shape index (κ1) is 14.1. The highest BCUT2D eigenvalue weighted by Crippen LogP contribution is 2.40. The quantitative estimate of drug-likeness (QED) is 0.915. The summed E-state index contributed by atoms with van der Waals surface area (Å²) in [5.41, 5.74) is 3.32. The summed E-state index contributed by atoms with van der Waals surface area (Å²) in [4.78, 5) is 18.0. The lowest BCUT2D eigenvalue weighted by Gasteiger charge is -2.21. The van der Waals surface area contributed by atoms with Gasteiger partial charge in [0, 0.05) is 24.0 Å². The van der Waals surface area contributed by atoms with Gasteiger partial charge in [-0.2, -0.15) is 0 Å². The van der Waals surface area contributed by atoms with Gasteiger partial charge >= 0.3 is 5.97 Å². The Morgan fingerprint density at radius 3 is 2.90 bits per heavy atom. The van der Waals surface area contributed by atoms with Crippen LogP contribution >= 0.6 is 11.3 Å². The molecule has 5 heteroatoms. The molecule has 0 saturated heterocycles. The molecular weight excluding hydrogens is 284 g/mol. The Hall–Kier alpha value is -1.88. The zero-order chi connectivity index (χ0) is 15.0. The first-order valence-electron chi connectivity index (χ1n) is 7.04. The number of aromatic nitrogens is 1. The van der Waals surface area contributed by atoms with Crippen LogP contribution < -0.4 is 4.90 Å². The molecule has 0 unspecified atom stereocenters. The molecule has 1 fully saturated rings. The minimum absolute atomic E-state index is 0.358. The second-order valence-corrected chi connectivity index (χ2v) is 6.49. The Bertz CT molecular complexity index is 677. The Morgan fingerprint density at radius 1 is 1.48 bits per heavy atom. The van der Waals surface area contributed by atoms with Crippen LogP contribution in [0.5, 0.6) is 0 Å². The predicted octanol–water partition coefficient (Wildman–Crippen LogP) is 3.66. The standard InChI is InChI=1S/C16H18N2O2S/c1-10-12(16(19)20)4-3-5-14(10)18(2)8-15-17-13(9-21-15)11-6-7-11/h3-5,9,11H,6-8H2,1-2H3,(H,19,20). The molecule has 110 valence electrons. The number of carbonyl (C=O) groups is 1. The van der Waals surface area contributed by atoms with E-state index in [0.29, 0.717) is 18.0 Å². The van der Waals surface area contributed by atoms with Crippen molar-refractivity contribution in [2.24, 2.45) is 0 Å². The molecule has 2 aromatic rings. The molecule has 1 aliphatic rings. The van der Waals surface area contributed by atoms with Crippen LogP contribution in [-0.2, 0) is 6.54 Å². The van der Waals surface area contributed by atoms with Crippen LogP contribution in [0.15, 0.2) is 23.6 Å². The molecule has 3 rings (SSSR count). The Kier molecular flexibility index (Phi) is 3.68. The second-order valence-electron chi connectivity index (χ2n) is 5.55. The number of hydrogen-bond donors (Lipinski definition) is 1. The predicted molar refractivity (Wildman–Crippen MR) is 84.3 cm³/mol. The van der Waals surface area contributed by atoms with Crippen LogP contribution in [-0.4, -0.2) is 23.1 Å². The Labute approximate surface area is 128 Å². The summed E-state index contributed by atoms with van der Waals surface area (Å²) in [7, 11) is 1.98. The lowest BCUT2D eigenvalue weighted by Crippen LogP contribution is -2.18. The number of carboxylic acid groups (broad SMARTS) is 1. The van der Waals surface area contributed by atoms with Crippen molar-refractivity contribution in [3.05, 3.63) is 45.4 Å². The van der Waals surface area contributed by atoms with Crippen molar-refractivity contribution >= 4 is 23.0 Å². The van der Waals surface area contributed by atoms with E-state index in [9.17, 15) is 9.90 Å². The van der Waals surface area contributed by atoms with E-state index in [1.54, 1.807) is 23.5 Å². The summed E-state index contributed by atoms with van der Waals surface area (Å²) in [6, 6.07) is 5.39. The maximum Gasteiger partial charge on any atom is 0.336 e. The number of aromatic carboxylic acids is 1. The molecule has 1 aromatic heterocycles. The Balaban J connectivity index is 1.79. The first-order valence-corrected chi connectivity index (χ1v) is 7.92. The molecule has 1 aliphatic carbocycles. The average molecular weight is 302 g/mol. The summed E-state index contributed by atoms with van der Waals surface area (Å²) in [5.74, 6) is -0.203. The molecule has 0 atom stereocenters. The van der Waals surface area contributed by atoms with Gasteiger partial charge in [-0.05, 0) is 37.5 Å². The second kappa shape index (κ2) is 5.48. The van der Waals surface area contributed by atoms with Gasteiger partial charge in [0.25, 0.3) is 0 Å². The molecule has 1 heterocycles. The molecule has 0 bridgehead atoms. The summed E-state index contributed by atoms with van der Waals surface area (Å²) in [6.07, 6.45) is 2.53. The van der Waals surface area contributed by atoms with Crippen molar-refractivity contribution in [1.82, 2.24) is 4.98 Å². The van der Waals surface area contributed by atoms with E-state index in [2.05, 4.69) is 15.3 Å². The fourth-order valence-electron chi connectivity index (χ4n) is 2.52. The minimum atomic E-state index is -0.881. The van der Waals surface area contributed by atoms with E-state index < -0.39 is 5.97 Å². The molecule has 1 N–H and O–H groups in total. The summed E-state index contributed by atoms with van der Waals surface area (Å²) in [5, 5.41) is 12.4. The molecule has 1 aromatic carbocycles. The highest BCUT2D eigenvalue weighted by Gasteiger charge is 2.26. The highest BCUT2D eigenvalue weighted by atomic mass is 32.1. The van der Waals surface area contributed by atoms with Gasteiger partial charge < -0.3 is 10.0 Å². The number of anilines is 1. The zero-order valence-corrected chi connectivity index (χ0v) is 13.0. The van der Waals surface area contributed by atoms with E-state index in [0.717, 1.165) is 16.3 Å². The van der Waals surface area contributed by atoms with Gasteiger partial charge in [0.1, 0.15) is 5.01 Å². The third kappa shape index (κ3) is 2.93. The number of benzene rings is 1. The maximum atomic E-state index is 11.2.